The molecule has 0 saturated heterocycles. The predicted octanol–water partition coefficient (Wildman–Crippen LogP) is 3.69. The number of pyridine rings is 1. The van der Waals surface area contributed by atoms with Gasteiger partial charge in [0, 0.05) is 19.8 Å². The van der Waals surface area contributed by atoms with Gasteiger partial charge in [-0.3, -0.25) is 9.80 Å². The van der Waals surface area contributed by atoms with Crippen molar-refractivity contribution >= 4 is 40.3 Å². The smallest absolute Gasteiger partial charge is 0.284 e. The van der Waals surface area contributed by atoms with Crippen LogP contribution in [-0.4, -0.2) is 34.1 Å². The van der Waals surface area contributed by atoms with Crippen molar-refractivity contribution in [1.82, 2.24) is 14.6 Å². The number of aromatic nitrogens is 2. The number of para-hydroxylation sites is 1. The fourth-order valence-electron chi connectivity index (χ4n) is 3.06. The second kappa shape index (κ2) is 5.69. The number of rotatable bonds is 1. The molecule has 3 aromatic rings. The average molecular weight is 361 g/mol. The molecule has 122 valence electrons. The summed E-state index contributed by atoms with van der Waals surface area (Å²) < 4.78 is 1.61. The molecule has 0 unspecified atom stereocenters. The summed E-state index contributed by atoms with van der Waals surface area (Å²) in [7, 11) is 1.84. The van der Waals surface area contributed by atoms with Gasteiger partial charge < -0.3 is 0 Å². The molecule has 0 radical (unpaired) electrons. The molecule has 0 spiro atoms. The van der Waals surface area contributed by atoms with E-state index in [-0.39, 0.29) is 5.91 Å². The molecule has 1 aliphatic rings. The summed E-state index contributed by atoms with van der Waals surface area (Å²) in [5, 5.41) is 9.02. The normalized spacial score (nSPS) is 14.1. The van der Waals surface area contributed by atoms with Crippen molar-refractivity contribution in [3.05, 3.63) is 63.9 Å². The van der Waals surface area contributed by atoms with Gasteiger partial charge in [-0.15, -0.1) is 0 Å². The van der Waals surface area contributed by atoms with Crippen LogP contribution in [0.15, 0.2) is 42.6 Å². The molecule has 24 heavy (non-hydrogen) atoms. The van der Waals surface area contributed by atoms with E-state index >= 15 is 0 Å². The Labute approximate surface area is 149 Å². The SMILES string of the molecule is CN1c2c(Cl)cccc2CCN1C(=O)c1cc2ccc(Cl)cn2n1. The summed E-state index contributed by atoms with van der Waals surface area (Å²) >= 11 is 12.3. The molecule has 2 aromatic heterocycles. The predicted molar refractivity (Wildman–Crippen MR) is 94.8 cm³/mol. The van der Waals surface area contributed by atoms with Gasteiger partial charge in [0.25, 0.3) is 5.91 Å². The summed E-state index contributed by atoms with van der Waals surface area (Å²) in [6.07, 6.45) is 2.44. The van der Waals surface area contributed by atoms with Gasteiger partial charge in [-0.2, -0.15) is 5.10 Å². The zero-order valence-corrected chi connectivity index (χ0v) is 14.4. The van der Waals surface area contributed by atoms with Crippen molar-refractivity contribution in [1.29, 1.82) is 0 Å². The molecule has 1 aromatic carbocycles. The van der Waals surface area contributed by atoms with E-state index < -0.39 is 0 Å². The lowest BCUT2D eigenvalue weighted by atomic mass is 10.1. The first-order valence-electron chi connectivity index (χ1n) is 7.52. The third kappa shape index (κ3) is 2.41. The molecule has 7 heteroatoms. The second-order valence-corrected chi connectivity index (χ2v) is 6.54. The lowest BCUT2D eigenvalue weighted by Crippen LogP contribution is -2.48. The standard InChI is InChI=1S/C17H14Cl2N4O/c1-21-16-11(3-2-4-14(16)19)7-8-23(21)17(24)15-9-13-6-5-12(18)10-22(13)20-15/h2-6,9-10H,7-8H2,1H3. The number of fused-ring (bicyclic) bond motifs is 2. The highest BCUT2D eigenvalue weighted by Gasteiger charge is 2.29. The van der Waals surface area contributed by atoms with Crippen LogP contribution in [0.5, 0.6) is 0 Å². The Bertz CT molecular complexity index is 953. The number of amides is 1. The number of hydrazine groups is 1. The zero-order valence-electron chi connectivity index (χ0n) is 12.9. The van der Waals surface area contributed by atoms with Gasteiger partial charge in [-0.05, 0) is 36.2 Å². The molecule has 0 fully saturated rings. The third-order valence-corrected chi connectivity index (χ3v) is 4.75. The maximum atomic E-state index is 12.9. The van der Waals surface area contributed by atoms with Crippen molar-refractivity contribution in [2.45, 2.75) is 6.42 Å². The third-order valence-electron chi connectivity index (χ3n) is 4.23. The van der Waals surface area contributed by atoms with E-state index in [1.165, 1.54) is 0 Å². The Morgan fingerprint density at radius 3 is 2.88 bits per heavy atom. The van der Waals surface area contributed by atoms with Gasteiger partial charge in [0.1, 0.15) is 0 Å². The van der Waals surface area contributed by atoms with Gasteiger partial charge in [0.15, 0.2) is 5.69 Å². The first-order valence-corrected chi connectivity index (χ1v) is 8.28. The minimum atomic E-state index is -0.164. The molecule has 0 atom stereocenters. The molecule has 0 bridgehead atoms. The maximum absolute atomic E-state index is 12.9. The Morgan fingerprint density at radius 2 is 2.04 bits per heavy atom. The highest BCUT2D eigenvalue weighted by Crippen LogP contribution is 2.34. The molecule has 0 N–H and O–H groups in total. The summed E-state index contributed by atoms with van der Waals surface area (Å²) in [5.74, 6) is -0.164. The van der Waals surface area contributed by atoms with Crippen LogP contribution < -0.4 is 5.01 Å². The van der Waals surface area contributed by atoms with Crippen molar-refractivity contribution in [2.75, 3.05) is 18.6 Å². The first-order chi connectivity index (χ1) is 11.5. The number of hydrogen-bond acceptors (Lipinski definition) is 3. The quantitative estimate of drug-likeness (QED) is 0.664. The van der Waals surface area contributed by atoms with Crippen LogP contribution in [-0.2, 0) is 6.42 Å². The van der Waals surface area contributed by atoms with Crippen LogP contribution in [0.4, 0.5) is 5.69 Å². The van der Waals surface area contributed by atoms with Gasteiger partial charge in [-0.25, -0.2) is 9.52 Å². The molecule has 1 amide bonds. The number of benzene rings is 1. The molecule has 0 aliphatic carbocycles. The van der Waals surface area contributed by atoms with Crippen LogP contribution in [0.25, 0.3) is 5.52 Å². The largest absolute Gasteiger partial charge is 0.292 e. The van der Waals surface area contributed by atoms with Gasteiger partial charge in [-0.1, -0.05) is 35.3 Å². The maximum Gasteiger partial charge on any atom is 0.292 e. The van der Waals surface area contributed by atoms with Gasteiger partial charge in [0.2, 0.25) is 0 Å². The number of nitrogens with zero attached hydrogens (tertiary/aromatic N) is 4. The van der Waals surface area contributed by atoms with Crippen LogP contribution in [0.2, 0.25) is 10.0 Å². The lowest BCUT2D eigenvalue weighted by Gasteiger charge is -2.38. The van der Waals surface area contributed by atoms with E-state index in [2.05, 4.69) is 5.10 Å². The number of carbonyl (C=O) groups excluding carboxylic acids is 1. The average Bonchev–Trinajstić information content (AvgIpc) is 2.97. The monoisotopic (exact) mass is 360 g/mol. The fourth-order valence-corrected chi connectivity index (χ4v) is 3.53. The molecule has 5 nitrogen and oxygen atoms in total. The summed E-state index contributed by atoms with van der Waals surface area (Å²) in [5.41, 5.74) is 3.20. The van der Waals surface area contributed by atoms with Crippen molar-refractivity contribution in [2.24, 2.45) is 0 Å². The van der Waals surface area contributed by atoms with Crippen molar-refractivity contribution < 1.29 is 4.79 Å². The minimum Gasteiger partial charge on any atom is -0.284 e. The summed E-state index contributed by atoms with van der Waals surface area (Å²) in [6, 6.07) is 11.2. The van der Waals surface area contributed by atoms with E-state index in [0.717, 1.165) is 23.2 Å². The van der Waals surface area contributed by atoms with Crippen LogP contribution in [0.1, 0.15) is 16.1 Å². The van der Waals surface area contributed by atoms with E-state index in [4.69, 9.17) is 23.2 Å². The Balaban J connectivity index is 1.70. The molecular formula is C17H14Cl2N4O. The van der Waals surface area contributed by atoms with E-state index in [0.29, 0.717) is 22.3 Å². The highest BCUT2D eigenvalue weighted by molar-refractivity contribution is 6.33. The number of anilines is 1. The number of carbonyl (C=O) groups is 1. The number of hydrogen-bond donors (Lipinski definition) is 0. The molecular weight excluding hydrogens is 347 g/mol. The van der Waals surface area contributed by atoms with Crippen LogP contribution >= 0.6 is 23.2 Å². The molecule has 0 saturated carbocycles. The number of halogens is 2. The van der Waals surface area contributed by atoms with Gasteiger partial charge in [0.05, 0.1) is 21.2 Å². The van der Waals surface area contributed by atoms with E-state index in [1.54, 1.807) is 32.9 Å². The molecule has 4 rings (SSSR count). The van der Waals surface area contributed by atoms with Crippen molar-refractivity contribution in [3.63, 3.8) is 0 Å². The topological polar surface area (TPSA) is 40.9 Å². The Hall–Kier alpha value is -2.24. The zero-order chi connectivity index (χ0) is 16.8. The Kier molecular flexibility index (Phi) is 3.62. The lowest BCUT2D eigenvalue weighted by molar-refractivity contribution is 0.0732. The van der Waals surface area contributed by atoms with Gasteiger partial charge >= 0.3 is 0 Å². The Morgan fingerprint density at radius 1 is 1.21 bits per heavy atom. The molecule has 1 aliphatic heterocycles. The summed E-state index contributed by atoms with van der Waals surface area (Å²) in [6.45, 7) is 0.581. The van der Waals surface area contributed by atoms with E-state index in [1.807, 2.05) is 31.3 Å². The van der Waals surface area contributed by atoms with E-state index in [9.17, 15) is 4.79 Å². The van der Waals surface area contributed by atoms with Crippen LogP contribution in [0, 0.1) is 0 Å². The minimum absolute atomic E-state index is 0.164. The molecule has 3 heterocycles. The van der Waals surface area contributed by atoms with Crippen molar-refractivity contribution in [3.8, 4) is 0 Å². The fraction of sp³-hybridized carbons (Fsp3) is 0.176. The summed E-state index contributed by atoms with van der Waals surface area (Å²) in [4.78, 5) is 12.9. The van der Waals surface area contributed by atoms with Crippen LogP contribution in [0.3, 0.4) is 0 Å². The highest BCUT2D eigenvalue weighted by atomic mass is 35.5. The second-order valence-electron chi connectivity index (χ2n) is 5.70. The first kappa shape index (κ1) is 15.3.